The highest BCUT2D eigenvalue weighted by Gasteiger charge is 2.20. The second kappa shape index (κ2) is 3.30. The number of hydrogen-bond acceptors (Lipinski definition) is 1. The van der Waals surface area contributed by atoms with Gasteiger partial charge in [0, 0.05) is 10.8 Å². The molecule has 0 aliphatic heterocycles. The van der Waals surface area contributed by atoms with Gasteiger partial charge in [-0.25, -0.2) is 9.37 Å². The molecular weight excluding hydrogens is 189 g/mol. The van der Waals surface area contributed by atoms with E-state index in [2.05, 4.69) is 4.98 Å². The van der Waals surface area contributed by atoms with Crippen LogP contribution in [0.5, 0.6) is 0 Å². The quantitative estimate of drug-likeness (QED) is 0.636. The molecule has 15 heavy (non-hydrogen) atoms. The summed E-state index contributed by atoms with van der Waals surface area (Å²) in [5.74, 6) is -0.221. The molecule has 2 heteroatoms. The van der Waals surface area contributed by atoms with Gasteiger partial charge in [-0.2, -0.15) is 0 Å². The number of fused-ring (bicyclic) bond motifs is 1. The van der Waals surface area contributed by atoms with Crippen LogP contribution in [-0.4, -0.2) is 4.98 Å². The molecule has 2 aromatic rings. The maximum absolute atomic E-state index is 13.8. The molecular formula is C13H14FN. The zero-order chi connectivity index (χ0) is 11.1. The van der Waals surface area contributed by atoms with Crippen molar-refractivity contribution < 1.29 is 4.39 Å². The van der Waals surface area contributed by atoms with Gasteiger partial charge in [-0.1, -0.05) is 39.0 Å². The van der Waals surface area contributed by atoms with Gasteiger partial charge < -0.3 is 0 Å². The zero-order valence-electron chi connectivity index (χ0n) is 9.21. The fourth-order valence-corrected chi connectivity index (χ4v) is 1.62. The Bertz CT molecular complexity index is 497. The minimum atomic E-state index is -0.256. The van der Waals surface area contributed by atoms with Crippen LogP contribution in [0.4, 0.5) is 4.39 Å². The smallest absolute Gasteiger partial charge is 0.145 e. The van der Waals surface area contributed by atoms with Gasteiger partial charge in [0.25, 0.3) is 0 Å². The summed E-state index contributed by atoms with van der Waals surface area (Å²) < 4.78 is 13.8. The lowest BCUT2D eigenvalue weighted by atomic mass is 9.91. The summed E-state index contributed by atoms with van der Waals surface area (Å²) in [6, 6.07) is 9.14. The Morgan fingerprint density at radius 1 is 1.13 bits per heavy atom. The number of aromatic nitrogens is 1. The molecule has 0 radical (unpaired) electrons. The fourth-order valence-electron chi connectivity index (χ4n) is 1.62. The van der Waals surface area contributed by atoms with E-state index in [1.54, 1.807) is 6.07 Å². The van der Waals surface area contributed by atoms with E-state index in [1.807, 2.05) is 45.0 Å². The van der Waals surface area contributed by atoms with Gasteiger partial charge in [-0.3, -0.25) is 0 Å². The predicted molar refractivity (Wildman–Crippen MR) is 60.4 cm³/mol. The SMILES string of the molecule is CC(C)(C)c1nc2ccccc2cc1F. The van der Waals surface area contributed by atoms with Crippen LogP contribution in [0, 0.1) is 5.82 Å². The zero-order valence-corrected chi connectivity index (χ0v) is 9.21. The third-order valence-electron chi connectivity index (χ3n) is 2.39. The van der Waals surface area contributed by atoms with Crippen LogP contribution in [0.1, 0.15) is 26.5 Å². The molecule has 0 atom stereocenters. The van der Waals surface area contributed by atoms with Crippen LogP contribution in [0.25, 0.3) is 10.9 Å². The number of rotatable bonds is 0. The van der Waals surface area contributed by atoms with Gasteiger partial charge in [-0.05, 0) is 12.1 Å². The van der Waals surface area contributed by atoms with E-state index < -0.39 is 0 Å². The van der Waals surface area contributed by atoms with E-state index in [-0.39, 0.29) is 11.2 Å². The van der Waals surface area contributed by atoms with Crippen molar-refractivity contribution in [2.24, 2.45) is 0 Å². The molecule has 1 heterocycles. The Labute approximate surface area is 89.0 Å². The van der Waals surface area contributed by atoms with Crippen molar-refractivity contribution in [3.63, 3.8) is 0 Å². The lowest BCUT2D eigenvalue weighted by molar-refractivity contribution is 0.506. The number of benzene rings is 1. The Morgan fingerprint density at radius 2 is 1.80 bits per heavy atom. The molecule has 1 aromatic carbocycles. The van der Waals surface area contributed by atoms with Crippen molar-refractivity contribution >= 4 is 10.9 Å². The van der Waals surface area contributed by atoms with Crippen LogP contribution < -0.4 is 0 Å². The highest BCUT2D eigenvalue weighted by atomic mass is 19.1. The molecule has 0 saturated heterocycles. The van der Waals surface area contributed by atoms with Gasteiger partial charge in [0.05, 0.1) is 11.2 Å². The third kappa shape index (κ3) is 1.84. The lowest BCUT2D eigenvalue weighted by Crippen LogP contribution is -2.16. The molecule has 78 valence electrons. The first-order valence-electron chi connectivity index (χ1n) is 5.04. The van der Waals surface area contributed by atoms with Crippen molar-refractivity contribution in [1.82, 2.24) is 4.98 Å². The minimum absolute atomic E-state index is 0.221. The Morgan fingerprint density at radius 3 is 2.47 bits per heavy atom. The van der Waals surface area contributed by atoms with Crippen molar-refractivity contribution in [3.8, 4) is 0 Å². The molecule has 0 spiro atoms. The van der Waals surface area contributed by atoms with Crippen LogP contribution >= 0.6 is 0 Å². The predicted octanol–water partition coefficient (Wildman–Crippen LogP) is 3.67. The second-order valence-electron chi connectivity index (χ2n) is 4.76. The van der Waals surface area contributed by atoms with Crippen LogP contribution in [0.3, 0.4) is 0 Å². The molecule has 2 rings (SSSR count). The van der Waals surface area contributed by atoms with Crippen LogP contribution in [0.15, 0.2) is 30.3 Å². The summed E-state index contributed by atoms with van der Waals surface area (Å²) in [4.78, 5) is 4.37. The summed E-state index contributed by atoms with van der Waals surface area (Å²) >= 11 is 0. The summed E-state index contributed by atoms with van der Waals surface area (Å²) in [5, 5.41) is 0.850. The first-order chi connectivity index (χ1) is 6.98. The maximum Gasteiger partial charge on any atom is 0.145 e. The largest absolute Gasteiger partial charge is 0.249 e. The number of para-hydroxylation sites is 1. The highest BCUT2D eigenvalue weighted by molar-refractivity contribution is 5.78. The highest BCUT2D eigenvalue weighted by Crippen LogP contribution is 2.25. The molecule has 0 aliphatic carbocycles. The average molecular weight is 203 g/mol. The minimum Gasteiger partial charge on any atom is -0.249 e. The van der Waals surface area contributed by atoms with Gasteiger partial charge >= 0.3 is 0 Å². The molecule has 1 nitrogen and oxygen atoms in total. The first-order valence-corrected chi connectivity index (χ1v) is 5.04. The van der Waals surface area contributed by atoms with E-state index in [9.17, 15) is 4.39 Å². The second-order valence-corrected chi connectivity index (χ2v) is 4.76. The fraction of sp³-hybridized carbons (Fsp3) is 0.308. The topological polar surface area (TPSA) is 12.9 Å². The third-order valence-corrected chi connectivity index (χ3v) is 2.39. The summed E-state index contributed by atoms with van der Waals surface area (Å²) in [6.45, 7) is 5.90. The molecule has 0 unspecified atom stereocenters. The molecule has 0 aliphatic rings. The van der Waals surface area contributed by atoms with Gasteiger partial charge in [-0.15, -0.1) is 0 Å². The van der Waals surface area contributed by atoms with Crippen molar-refractivity contribution in [2.45, 2.75) is 26.2 Å². The van der Waals surface area contributed by atoms with Gasteiger partial charge in [0.2, 0.25) is 0 Å². The van der Waals surface area contributed by atoms with Gasteiger partial charge in [0.15, 0.2) is 0 Å². The van der Waals surface area contributed by atoms with Crippen LogP contribution in [-0.2, 0) is 5.41 Å². The van der Waals surface area contributed by atoms with Crippen molar-refractivity contribution in [1.29, 1.82) is 0 Å². The van der Waals surface area contributed by atoms with E-state index in [4.69, 9.17) is 0 Å². The number of pyridine rings is 1. The Hall–Kier alpha value is -1.44. The summed E-state index contributed by atoms with van der Waals surface area (Å²) in [6.07, 6.45) is 0. The lowest BCUT2D eigenvalue weighted by Gasteiger charge is -2.18. The summed E-state index contributed by atoms with van der Waals surface area (Å²) in [7, 11) is 0. The number of hydrogen-bond donors (Lipinski definition) is 0. The monoisotopic (exact) mass is 203 g/mol. The molecule has 0 amide bonds. The van der Waals surface area contributed by atoms with E-state index in [1.165, 1.54) is 0 Å². The van der Waals surface area contributed by atoms with E-state index in [0.717, 1.165) is 10.9 Å². The molecule has 1 aromatic heterocycles. The van der Waals surface area contributed by atoms with E-state index >= 15 is 0 Å². The molecule has 0 N–H and O–H groups in total. The van der Waals surface area contributed by atoms with Crippen molar-refractivity contribution in [3.05, 3.63) is 41.8 Å². The van der Waals surface area contributed by atoms with E-state index in [0.29, 0.717) is 5.69 Å². The van der Waals surface area contributed by atoms with Gasteiger partial charge in [0.1, 0.15) is 5.82 Å². The van der Waals surface area contributed by atoms with Crippen molar-refractivity contribution in [2.75, 3.05) is 0 Å². The normalized spacial score (nSPS) is 12.0. The number of nitrogens with zero attached hydrogens (tertiary/aromatic N) is 1. The van der Waals surface area contributed by atoms with Crippen LogP contribution in [0.2, 0.25) is 0 Å². The number of halogens is 1. The maximum atomic E-state index is 13.8. The average Bonchev–Trinajstić information content (AvgIpc) is 2.15. The first kappa shape index (κ1) is 10.1. The summed E-state index contributed by atoms with van der Waals surface area (Å²) in [5.41, 5.74) is 1.12. The molecule has 0 fully saturated rings. The Balaban J connectivity index is 2.73. The molecule has 0 bridgehead atoms. The Kier molecular flexibility index (Phi) is 2.22. The molecule has 0 saturated carbocycles. The standard InChI is InChI=1S/C13H14FN/c1-13(2,3)12-10(14)8-9-6-4-5-7-11(9)15-12/h4-8H,1-3H3.